The number of carbonyl (C=O) groups is 2. The second-order valence-corrected chi connectivity index (χ2v) is 6.31. The average Bonchev–Trinajstić information content (AvgIpc) is 2.85. The van der Waals surface area contributed by atoms with Gasteiger partial charge in [0, 0.05) is 22.1 Å². The number of fused-ring (bicyclic) bond motifs is 1. The van der Waals surface area contributed by atoms with Gasteiger partial charge in [0.15, 0.2) is 0 Å². The van der Waals surface area contributed by atoms with Crippen LogP contribution in [0.3, 0.4) is 0 Å². The summed E-state index contributed by atoms with van der Waals surface area (Å²) in [5, 5.41) is 13.3. The van der Waals surface area contributed by atoms with Crippen molar-refractivity contribution in [2.45, 2.75) is 19.0 Å². The maximum atomic E-state index is 12.1. The van der Waals surface area contributed by atoms with Gasteiger partial charge < -0.3 is 15.0 Å². The van der Waals surface area contributed by atoms with Crippen LogP contribution in [0.2, 0.25) is 5.02 Å². The smallest absolute Gasteiger partial charge is 0.326 e. The van der Waals surface area contributed by atoms with E-state index in [1.165, 1.54) is 0 Å². The Labute approximate surface area is 137 Å². The van der Waals surface area contributed by atoms with Crippen molar-refractivity contribution in [1.29, 1.82) is 0 Å². The van der Waals surface area contributed by atoms with Crippen LogP contribution in [0.15, 0.2) is 30.5 Å². The minimum absolute atomic E-state index is 0.0776. The normalized spacial score (nSPS) is 12.3. The molecule has 2 aromatic rings. The lowest BCUT2D eigenvalue weighted by atomic mass is 10.2. The molecule has 0 saturated heterocycles. The molecule has 1 unspecified atom stereocenters. The van der Waals surface area contributed by atoms with Gasteiger partial charge in [-0.05, 0) is 42.7 Å². The van der Waals surface area contributed by atoms with Crippen molar-refractivity contribution in [3.05, 3.63) is 35.5 Å². The summed E-state index contributed by atoms with van der Waals surface area (Å²) in [4.78, 5) is 23.2. The predicted molar refractivity (Wildman–Crippen MR) is 89.5 cm³/mol. The lowest BCUT2D eigenvalue weighted by Crippen LogP contribution is -2.42. The molecule has 0 spiro atoms. The van der Waals surface area contributed by atoms with E-state index < -0.39 is 12.0 Å². The number of thioether (sulfide) groups is 1. The number of aliphatic carboxylic acids is 1. The quantitative estimate of drug-likeness (QED) is 0.812. The van der Waals surface area contributed by atoms with Crippen molar-refractivity contribution < 1.29 is 14.7 Å². The molecule has 22 heavy (non-hydrogen) atoms. The SMILES string of the molecule is CSCCC(NC(=O)Cn1ccc2cc(Cl)ccc21)C(=O)O. The van der Waals surface area contributed by atoms with E-state index in [9.17, 15) is 9.59 Å². The first-order valence-electron chi connectivity index (χ1n) is 6.76. The van der Waals surface area contributed by atoms with Gasteiger partial charge in [0.1, 0.15) is 12.6 Å². The van der Waals surface area contributed by atoms with Gasteiger partial charge in [-0.3, -0.25) is 4.79 Å². The number of rotatable bonds is 7. The second-order valence-electron chi connectivity index (χ2n) is 4.89. The maximum absolute atomic E-state index is 12.1. The number of aromatic nitrogens is 1. The van der Waals surface area contributed by atoms with Gasteiger partial charge in [-0.2, -0.15) is 11.8 Å². The molecule has 7 heteroatoms. The highest BCUT2D eigenvalue weighted by molar-refractivity contribution is 7.98. The van der Waals surface area contributed by atoms with Crippen LogP contribution in [0.5, 0.6) is 0 Å². The molecule has 5 nitrogen and oxygen atoms in total. The van der Waals surface area contributed by atoms with Crippen LogP contribution >= 0.6 is 23.4 Å². The van der Waals surface area contributed by atoms with Crippen LogP contribution in [-0.2, 0) is 16.1 Å². The van der Waals surface area contributed by atoms with Crippen LogP contribution in [0.1, 0.15) is 6.42 Å². The zero-order chi connectivity index (χ0) is 16.1. The van der Waals surface area contributed by atoms with Crippen molar-refractivity contribution >= 4 is 46.1 Å². The van der Waals surface area contributed by atoms with Gasteiger partial charge in [-0.1, -0.05) is 11.6 Å². The molecule has 0 radical (unpaired) electrons. The summed E-state index contributed by atoms with van der Waals surface area (Å²) in [6.45, 7) is 0.0776. The van der Waals surface area contributed by atoms with E-state index in [1.54, 1.807) is 28.6 Å². The Morgan fingerprint density at radius 2 is 2.18 bits per heavy atom. The number of carboxylic acid groups (broad SMARTS) is 1. The second kappa shape index (κ2) is 7.56. The Kier molecular flexibility index (Phi) is 5.74. The van der Waals surface area contributed by atoms with Crippen molar-refractivity contribution in [1.82, 2.24) is 9.88 Å². The lowest BCUT2D eigenvalue weighted by Gasteiger charge is -2.14. The van der Waals surface area contributed by atoms with E-state index in [4.69, 9.17) is 16.7 Å². The Morgan fingerprint density at radius 1 is 1.41 bits per heavy atom. The number of hydrogen-bond acceptors (Lipinski definition) is 3. The third-order valence-corrected chi connectivity index (χ3v) is 4.17. The van der Waals surface area contributed by atoms with E-state index in [-0.39, 0.29) is 12.5 Å². The number of carboxylic acids is 1. The number of amides is 1. The van der Waals surface area contributed by atoms with Crippen LogP contribution in [0.4, 0.5) is 0 Å². The molecule has 1 atom stereocenters. The lowest BCUT2D eigenvalue weighted by molar-refractivity contribution is -0.141. The Bertz CT molecular complexity index is 686. The van der Waals surface area contributed by atoms with Gasteiger partial charge in [0.25, 0.3) is 0 Å². The van der Waals surface area contributed by atoms with E-state index in [0.29, 0.717) is 17.2 Å². The Hall–Kier alpha value is -1.66. The fourth-order valence-corrected chi connectivity index (χ4v) is 2.85. The van der Waals surface area contributed by atoms with Crippen molar-refractivity contribution in [3.63, 3.8) is 0 Å². The zero-order valence-corrected chi connectivity index (χ0v) is 13.7. The van der Waals surface area contributed by atoms with Crippen LogP contribution in [0, 0.1) is 0 Å². The van der Waals surface area contributed by atoms with Crippen LogP contribution in [0.25, 0.3) is 10.9 Å². The summed E-state index contributed by atoms with van der Waals surface area (Å²) in [6, 6.07) is 6.45. The Morgan fingerprint density at radius 3 is 2.86 bits per heavy atom. The fraction of sp³-hybridized carbons (Fsp3) is 0.333. The topological polar surface area (TPSA) is 71.3 Å². The number of benzene rings is 1. The van der Waals surface area contributed by atoms with Crippen molar-refractivity contribution in [2.24, 2.45) is 0 Å². The zero-order valence-electron chi connectivity index (χ0n) is 12.1. The molecule has 1 aromatic heterocycles. The minimum Gasteiger partial charge on any atom is -0.480 e. The molecular weight excluding hydrogens is 324 g/mol. The van der Waals surface area contributed by atoms with Crippen molar-refractivity contribution in [2.75, 3.05) is 12.0 Å². The van der Waals surface area contributed by atoms with Gasteiger partial charge in [0.2, 0.25) is 5.91 Å². The van der Waals surface area contributed by atoms with E-state index >= 15 is 0 Å². The minimum atomic E-state index is -1.01. The predicted octanol–water partition coefficient (Wildman–Crippen LogP) is 2.62. The van der Waals surface area contributed by atoms with Crippen LogP contribution in [-0.4, -0.2) is 39.6 Å². The number of hydrogen-bond donors (Lipinski definition) is 2. The first kappa shape index (κ1) is 16.7. The molecule has 0 saturated carbocycles. The molecular formula is C15H17ClN2O3S. The summed E-state index contributed by atoms with van der Waals surface area (Å²) < 4.78 is 1.77. The van der Waals surface area contributed by atoms with Gasteiger partial charge >= 0.3 is 5.97 Å². The molecule has 0 aliphatic carbocycles. The summed E-state index contributed by atoms with van der Waals surface area (Å²) in [6.07, 6.45) is 4.10. The maximum Gasteiger partial charge on any atom is 0.326 e. The summed E-state index contributed by atoms with van der Waals surface area (Å²) in [5.41, 5.74) is 0.885. The first-order chi connectivity index (χ1) is 10.5. The average molecular weight is 341 g/mol. The molecule has 2 rings (SSSR count). The summed E-state index contributed by atoms with van der Waals surface area (Å²) in [7, 11) is 0. The molecule has 2 N–H and O–H groups in total. The molecule has 118 valence electrons. The number of nitrogens with zero attached hydrogens (tertiary/aromatic N) is 1. The van der Waals surface area contributed by atoms with E-state index in [0.717, 1.165) is 10.9 Å². The molecule has 0 bridgehead atoms. The first-order valence-corrected chi connectivity index (χ1v) is 8.54. The highest BCUT2D eigenvalue weighted by Gasteiger charge is 2.19. The van der Waals surface area contributed by atoms with E-state index in [1.807, 2.05) is 24.5 Å². The Balaban J connectivity index is 2.05. The fourth-order valence-electron chi connectivity index (χ4n) is 2.20. The highest BCUT2D eigenvalue weighted by Crippen LogP contribution is 2.20. The summed E-state index contributed by atoms with van der Waals surface area (Å²) in [5.74, 6) is -0.644. The largest absolute Gasteiger partial charge is 0.480 e. The molecule has 1 aromatic carbocycles. The number of halogens is 1. The van der Waals surface area contributed by atoms with Gasteiger partial charge in [-0.15, -0.1) is 0 Å². The number of carbonyl (C=O) groups excluding carboxylic acids is 1. The van der Waals surface area contributed by atoms with Crippen molar-refractivity contribution in [3.8, 4) is 0 Å². The number of nitrogens with one attached hydrogen (secondary N) is 1. The molecule has 0 aliphatic rings. The molecule has 0 aliphatic heterocycles. The van der Waals surface area contributed by atoms with Crippen LogP contribution < -0.4 is 5.32 Å². The van der Waals surface area contributed by atoms with E-state index in [2.05, 4.69) is 5.32 Å². The molecule has 1 amide bonds. The van der Waals surface area contributed by atoms with Gasteiger partial charge in [0.05, 0.1) is 0 Å². The molecule has 0 fully saturated rings. The third-order valence-electron chi connectivity index (χ3n) is 3.29. The van der Waals surface area contributed by atoms with Gasteiger partial charge in [-0.25, -0.2) is 4.79 Å². The highest BCUT2D eigenvalue weighted by atomic mass is 35.5. The third kappa shape index (κ3) is 4.18. The molecule has 1 heterocycles. The monoisotopic (exact) mass is 340 g/mol. The summed E-state index contributed by atoms with van der Waals surface area (Å²) >= 11 is 7.48. The standard InChI is InChI=1S/C15H17ClN2O3S/c1-22-7-5-12(15(20)21)17-14(19)9-18-6-4-10-8-11(16)2-3-13(10)18/h2-4,6,8,12H,5,7,9H2,1H3,(H,17,19)(H,20,21).